The van der Waals surface area contributed by atoms with Gasteiger partial charge in [0.25, 0.3) is 0 Å². The zero-order chi connectivity index (χ0) is 11.4. The molecule has 84 valence electrons. The molecule has 5 heteroatoms. The number of rotatable bonds is 4. The van der Waals surface area contributed by atoms with Gasteiger partial charge in [0.2, 0.25) is 0 Å². The Hall–Kier alpha value is -1.30. The van der Waals surface area contributed by atoms with Crippen molar-refractivity contribution < 1.29 is 4.39 Å². The Morgan fingerprint density at radius 2 is 2.31 bits per heavy atom. The van der Waals surface area contributed by atoms with E-state index in [1.54, 1.807) is 17.4 Å². The standard InChI is InChI=1S/C11H12FN3S/c12-8-3-4-10(14-7-8)11(15-13)6-9-2-1-5-16-9/h1-5,7,11,15H,6,13H2. The lowest BCUT2D eigenvalue weighted by atomic mass is 10.1. The second-order valence-corrected chi connectivity index (χ2v) is 4.44. The number of halogens is 1. The summed E-state index contributed by atoms with van der Waals surface area (Å²) in [7, 11) is 0. The van der Waals surface area contributed by atoms with Crippen molar-refractivity contribution in [3.63, 3.8) is 0 Å². The number of hydrogen-bond donors (Lipinski definition) is 2. The van der Waals surface area contributed by atoms with Gasteiger partial charge in [-0.1, -0.05) is 6.07 Å². The summed E-state index contributed by atoms with van der Waals surface area (Å²) < 4.78 is 12.7. The van der Waals surface area contributed by atoms with Crippen LogP contribution in [0.2, 0.25) is 0 Å². The zero-order valence-electron chi connectivity index (χ0n) is 8.56. The quantitative estimate of drug-likeness (QED) is 0.632. The molecule has 3 nitrogen and oxygen atoms in total. The van der Waals surface area contributed by atoms with Crippen molar-refractivity contribution in [2.75, 3.05) is 0 Å². The SMILES string of the molecule is NNC(Cc1cccs1)c1ccc(F)cn1. The van der Waals surface area contributed by atoms with Crippen LogP contribution >= 0.6 is 11.3 Å². The summed E-state index contributed by atoms with van der Waals surface area (Å²) in [5.41, 5.74) is 3.45. The maximum Gasteiger partial charge on any atom is 0.141 e. The Morgan fingerprint density at radius 3 is 2.88 bits per heavy atom. The average Bonchev–Trinajstić information content (AvgIpc) is 2.80. The monoisotopic (exact) mass is 237 g/mol. The van der Waals surface area contributed by atoms with Crippen molar-refractivity contribution in [2.24, 2.45) is 5.84 Å². The predicted molar refractivity (Wildman–Crippen MR) is 62.3 cm³/mol. The fourth-order valence-corrected chi connectivity index (χ4v) is 2.22. The van der Waals surface area contributed by atoms with E-state index in [0.717, 1.165) is 12.1 Å². The van der Waals surface area contributed by atoms with E-state index in [2.05, 4.69) is 10.4 Å². The van der Waals surface area contributed by atoms with Crippen molar-refractivity contribution in [1.82, 2.24) is 10.4 Å². The number of thiophene rings is 1. The number of hydrazine groups is 1. The van der Waals surface area contributed by atoms with Gasteiger partial charge >= 0.3 is 0 Å². The number of nitrogens with zero attached hydrogens (tertiary/aromatic N) is 1. The average molecular weight is 237 g/mol. The molecule has 16 heavy (non-hydrogen) atoms. The minimum atomic E-state index is -0.337. The van der Waals surface area contributed by atoms with E-state index in [9.17, 15) is 4.39 Å². The Kier molecular flexibility index (Phi) is 3.61. The molecule has 0 amide bonds. The predicted octanol–water partition coefficient (Wildman–Crippen LogP) is 2.03. The van der Waals surface area contributed by atoms with Crippen LogP contribution in [-0.2, 0) is 6.42 Å². The first kappa shape index (κ1) is 11.2. The van der Waals surface area contributed by atoms with E-state index in [0.29, 0.717) is 0 Å². The molecule has 0 spiro atoms. The topological polar surface area (TPSA) is 50.9 Å². The van der Waals surface area contributed by atoms with Crippen LogP contribution in [0.15, 0.2) is 35.8 Å². The second-order valence-electron chi connectivity index (χ2n) is 3.40. The third-order valence-electron chi connectivity index (χ3n) is 2.29. The van der Waals surface area contributed by atoms with E-state index in [1.165, 1.54) is 17.1 Å². The molecular formula is C11H12FN3S. The van der Waals surface area contributed by atoms with Gasteiger partial charge in [0, 0.05) is 11.3 Å². The van der Waals surface area contributed by atoms with Gasteiger partial charge in [0.1, 0.15) is 5.82 Å². The van der Waals surface area contributed by atoms with Gasteiger partial charge in [-0.15, -0.1) is 11.3 Å². The van der Waals surface area contributed by atoms with Crippen molar-refractivity contribution in [3.8, 4) is 0 Å². The molecule has 0 radical (unpaired) electrons. The lowest BCUT2D eigenvalue weighted by Gasteiger charge is -2.13. The maximum atomic E-state index is 12.7. The minimum Gasteiger partial charge on any atom is -0.271 e. The van der Waals surface area contributed by atoms with Crippen molar-refractivity contribution >= 4 is 11.3 Å². The summed E-state index contributed by atoms with van der Waals surface area (Å²) in [6.45, 7) is 0. The molecule has 2 aromatic rings. The molecule has 0 saturated heterocycles. The largest absolute Gasteiger partial charge is 0.271 e. The molecule has 0 aliphatic heterocycles. The normalized spacial score (nSPS) is 12.6. The van der Waals surface area contributed by atoms with Gasteiger partial charge in [0.15, 0.2) is 0 Å². The Labute approximate surface area is 97.1 Å². The number of nitrogens with one attached hydrogen (secondary N) is 1. The molecule has 0 aromatic carbocycles. The Bertz CT molecular complexity index is 427. The Balaban J connectivity index is 2.13. The first-order valence-corrected chi connectivity index (χ1v) is 5.77. The number of aromatic nitrogens is 1. The van der Waals surface area contributed by atoms with E-state index in [-0.39, 0.29) is 11.9 Å². The molecule has 0 aliphatic carbocycles. The molecule has 0 bridgehead atoms. The van der Waals surface area contributed by atoms with Gasteiger partial charge in [-0.05, 0) is 23.6 Å². The van der Waals surface area contributed by atoms with Crippen molar-refractivity contribution in [2.45, 2.75) is 12.5 Å². The molecule has 0 saturated carbocycles. The van der Waals surface area contributed by atoms with Crippen LogP contribution < -0.4 is 11.3 Å². The fraction of sp³-hybridized carbons (Fsp3) is 0.182. The summed E-state index contributed by atoms with van der Waals surface area (Å²) in [6.07, 6.45) is 1.96. The minimum absolute atomic E-state index is 0.0840. The smallest absolute Gasteiger partial charge is 0.141 e. The summed E-state index contributed by atoms with van der Waals surface area (Å²) in [5.74, 6) is 5.14. The number of hydrogen-bond acceptors (Lipinski definition) is 4. The molecule has 1 atom stereocenters. The fourth-order valence-electron chi connectivity index (χ4n) is 1.47. The van der Waals surface area contributed by atoms with Gasteiger partial charge in [0.05, 0.1) is 17.9 Å². The zero-order valence-corrected chi connectivity index (χ0v) is 9.38. The molecule has 1 unspecified atom stereocenters. The first-order valence-electron chi connectivity index (χ1n) is 4.89. The van der Waals surface area contributed by atoms with Crippen molar-refractivity contribution in [3.05, 3.63) is 52.2 Å². The highest BCUT2D eigenvalue weighted by atomic mass is 32.1. The van der Waals surface area contributed by atoms with E-state index >= 15 is 0 Å². The van der Waals surface area contributed by atoms with Crippen LogP contribution in [-0.4, -0.2) is 4.98 Å². The Morgan fingerprint density at radius 1 is 1.44 bits per heavy atom. The van der Waals surface area contributed by atoms with Crippen LogP contribution in [0.25, 0.3) is 0 Å². The van der Waals surface area contributed by atoms with Gasteiger partial charge in [-0.25, -0.2) is 4.39 Å². The van der Waals surface area contributed by atoms with E-state index in [4.69, 9.17) is 5.84 Å². The highest BCUT2D eigenvalue weighted by Crippen LogP contribution is 2.19. The molecular weight excluding hydrogens is 225 g/mol. The van der Waals surface area contributed by atoms with E-state index < -0.39 is 0 Å². The summed E-state index contributed by atoms with van der Waals surface area (Å²) in [6, 6.07) is 6.98. The highest BCUT2D eigenvalue weighted by molar-refractivity contribution is 7.09. The van der Waals surface area contributed by atoms with Gasteiger partial charge in [-0.2, -0.15) is 0 Å². The second kappa shape index (κ2) is 5.16. The van der Waals surface area contributed by atoms with Crippen LogP contribution in [0.3, 0.4) is 0 Å². The number of nitrogens with two attached hydrogens (primary N) is 1. The van der Waals surface area contributed by atoms with Crippen molar-refractivity contribution in [1.29, 1.82) is 0 Å². The van der Waals surface area contributed by atoms with Gasteiger partial charge < -0.3 is 0 Å². The van der Waals surface area contributed by atoms with Crippen LogP contribution in [0.5, 0.6) is 0 Å². The van der Waals surface area contributed by atoms with Crippen LogP contribution in [0.4, 0.5) is 4.39 Å². The molecule has 2 rings (SSSR count). The van der Waals surface area contributed by atoms with Crippen LogP contribution in [0, 0.1) is 5.82 Å². The first-order chi connectivity index (χ1) is 7.79. The summed E-state index contributed by atoms with van der Waals surface area (Å²) in [4.78, 5) is 5.23. The molecule has 2 aromatic heterocycles. The third-order valence-corrected chi connectivity index (χ3v) is 3.19. The number of pyridine rings is 1. The third kappa shape index (κ3) is 2.63. The molecule has 2 heterocycles. The summed E-state index contributed by atoms with van der Waals surface area (Å²) >= 11 is 1.67. The maximum absolute atomic E-state index is 12.7. The lowest BCUT2D eigenvalue weighted by Crippen LogP contribution is -2.30. The summed E-state index contributed by atoms with van der Waals surface area (Å²) in [5, 5.41) is 2.01. The van der Waals surface area contributed by atoms with Gasteiger partial charge in [-0.3, -0.25) is 16.3 Å². The molecule has 0 aliphatic rings. The lowest BCUT2D eigenvalue weighted by molar-refractivity contribution is 0.536. The molecule has 3 N–H and O–H groups in total. The highest BCUT2D eigenvalue weighted by Gasteiger charge is 2.12. The van der Waals surface area contributed by atoms with E-state index in [1.807, 2.05) is 17.5 Å². The van der Waals surface area contributed by atoms with Crippen LogP contribution in [0.1, 0.15) is 16.6 Å². The molecule has 0 fully saturated rings.